The summed E-state index contributed by atoms with van der Waals surface area (Å²) in [5.74, 6) is -0.944. The zero-order valence-electron chi connectivity index (χ0n) is 14.2. The number of ether oxygens (including phenoxy) is 2. The van der Waals surface area contributed by atoms with E-state index in [1.807, 2.05) is 12.1 Å². The van der Waals surface area contributed by atoms with Crippen LogP contribution in [0.2, 0.25) is 5.02 Å². The van der Waals surface area contributed by atoms with Gasteiger partial charge < -0.3 is 14.8 Å². The second kappa shape index (κ2) is 8.94. The first-order chi connectivity index (χ1) is 11.9. The molecule has 1 aromatic carbocycles. The Labute approximate surface area is 155 Å². The average Bonchev–Trinajstić information content (AvgIpc) is 2.97. The molecule has 0 saturated heterocycles. The van der Waals surface area contributed by atoms with Crippen LogP contribution in [0.25, 0.3) is 10.6 Å². The van der Waals surface area contributed by atoms with Gasteiger partial charge in [0.2, 0.25) is 0 Å². The summed E-state index contributed by atoms with van der Waals surface area (Å²) in [5, 5.41) is 3.89. The van der Waals surface area contributed by atoms with Crippen molar-refractivity contribution in [2.24, 2.45) is 0 Å². The molecule has 1 aromatic heterocycles. The molecule has 0 aliphatic heterocycles. The van der Waals surface area contributed by atoms with Crippen molar-refractivity contribution in [3.05, 3.63) is 39.9 Å². The lowest BCUT2D eigenvalue weighted by Crippen LogP contribution is -2.37. The van der Waals surface area contributed by atoms with E-state index < -0.39 is 12.1 Å². The quantitative estimate of drug-likeness (QED) is 0.588. The van der Waals surface area contributed by atoms with Crippen molar-refractivity contribution >= 4 is 34.8 Å². The van der Waals surface area contributed by atoms with Crippen molar-refractivity contribution in [1.82, 2.24) is 10.3 Å². The number of esters is 1. The molecule has 0 spiro atoms. The van der Waals surface area contributed by atoms with Crippen molar-refractivity contribution < 1.29 is 19.1 Å². The van der Waals surface area contributed by atoms with E-state index in [1.165, 1.54) is 18.3 Å². The normalized spacial score (nSPS) is 11.8. The molecule has 0 bridgehead atoms. The number of thiazole rings is 1. The molecule has 0 fully saturated rings. The van der Waals surface area contributed by atoms with Gasteiger partial charge in [-0.1, -0.05) is 23.7 Å². The molecular weight excluding hydrogens is 364 g/mol. The highest BCUT2D eigenvalue weighted by atomic mass is 35.5. The number of aryl methyl sites for hydroxylation is 1. The van der Waals surface area contributed by atoms with Gasteiger partial charge in [-0.15, -0.1) is 11.3 Å². The summed E-state index contributed by atoms with van der Waals surface area (Å²) in [6, 6.07) is 7.23. The molecule has 0 saturated carbocycles. The number of nitrogens with zero attached hydrogens (tertiary/aromatic N) is 1. The summed E-state index contributed by atoms with van der Waals surface area (Å²) in [4.78, 5) is 29.0. The summed E-state index contributed by atoms with van der Waals surface area (Å²) in [5.41, 5.74) is 1.38. The van der Waals surface area contributed by atoms with E-state index in [1.54, 1.807) is 26.2 Å². The highest BCUT2D eigenvalue weighted by Crippen LogP contribution is 2.30. The number of nitrogens with one attached hydrogen (secondary N) is 1. The van der Waals surface area contributed by atoms with Gasteiger partial charge in [0.25, 0.3) is 5.91 Å². The Hall–Kier alpha value is -1.96. The molecule has 1 atom stereocenters. The zero-order valence-corrected chi connectivity index (χ0v) is 15.7. The van der Waals surface area contributed by atoms with Gasteiger partial charge in [0.1, 0.15) is 9.88 Å². The van der Waals surface area contributed by atoms with Crippen LogP contribution in [0, 0.1) is 6.92 Å². The summed E-state index contributed by atoms with van der Waals surface area (Å²) in [6.07, 6.45) is -0.902. The fourth-order valence-corrected chi connectivity index (χ4v) is 3.15. The highest BCUT2D eigenvalue weighted by Gasteiger charge is 2.23. The van der Waals surface area contributed by atoms with Gasteiger partial charge in [0, 0.05) is 24.2 Å². The summed E-state index contributed by atoms with van der Waals surface area (Å²) >= 11 is 7.20. The maximum absolute atomic E-state index is 12.3. The molecule has 134 valence electrons. The molecule has 0 radical (unpaired) electrons. The molecule has 2 aromatic rings. The van der Waals surface area contributed by atoms with E-state index in [9.17, 15) is 9.59 Å². The Kier molecular flexibility index (Phi) is 6.92. The minimum Gasteiger partial charge on any atom is -0.448 e. The van der Waals surface area contributed by atoms with Crippen LogP contribution < -0.4 is 5.32 Å². The number of aromatic nitrogens is 1. The number of hydrogen-bond acceptors (Lipinski definition) is 6. The molecule has 6 nitrogen and oxygen atoms in total. The average molecular weight is 383 g/mol. The minimum absolute atomic E-state index is 0.357. The van der Waals surface area contributed by atoms with Gasteiger partial charge in [-0.25, -0.2) is 9.78 Å². The van der Waals surface area contributed by atoms with Gasteiger partial charge >= 0.3 is 5.97 Å². The van der Waals surface area contributed by atoms with Crippen LogP contribution in [0.3, 0.4) is 0 Å². The Morgan fingerprint density at radius 1 is 1.40 bits per heavy atom. The number of amides is 1. The number of hydrogen-bond donors (Lipinski definition) is 1. The molecule has 25 heavy (non-hydrogen) atoms. The number of halogens is 1. The third-order valence-electron chi connectivity index (χ3n) is 3.31. The Morgan fingerprint density at radius 2 is 2.16 bits per heavy atom. The predicted molar refractivity (Wildman–Crippen MR) is 97.1 cm³/mol. The van der Waals surface area contributed by atoms with E-state index in [-0.39, 0.29) is 5.91 Å². The van der Waals surface area contributed by atoms with E-state index in [0.29, 0.717) is 33.8 Å². The van der Waals surface area contributed by atoms with E-state index in [2.05, 4.69) is 10.3 Å². The predicted octanol–water partition coefficient (Wildman–Crippen LogP) is 3.08. The van der Waals surface area contributed by atoms with Gasteiger partial charge in [0.05, 0.1) is 12.3 Å². The van der Waals surface area contributed by atoms with Crippen molar-refractivity contribution in [2.75, 3.05) is 20.3 Å². The third kappa shape index (κ3) is 5.26. The molecule has 0 unspecified atom stereocenters. The second-order valence-corrected chi connectivity index (χ2v) is 6.71. The van der Waals surface area contributed by atoms with Crippen LogP contribution in [0.15, 0.2) is 24.3 Å². The van der Waals surface area contributed by atoms with Crippen molar-refractivity contribution in [3.8, 4) is 10.6 Å². The van der Waals surface area contributed by atoms with Crippen LogP contribution in [-0.2, 0) is 14.3 Å². The SMILES string of the molecule is COCCNC(=O)[C@H](C)OC(=O)c1sc(-c2cccc(Cl)c2)nc1C. The molecule has 0 aliphatic carbocycles. The first-order valence-electron chi connectivity index (χ1n) is 7.63. The monoisotopic (exact) mass is 382 g/mol. The second-order valence-electron chi connectivity index (χ2n) is 5.28. The number of benzene rings is 1. The fraction of sp³-hybridized carbons (Fsp3) is 0.353. The summed E-state index contributed by atoms with van der Waals surface area (Å²) < 4.78 is 10.1. The van der Waals surface area contributed by atoms with Crippen LogP contribution in [0.5, 0.6) is 0 Å². The van der Waals surface area contributed by atoms with Gasteiger partial charge in [-0.2, -0.15) is 0 Å². The van der Waals surface area contributed by atoms with Crippen LogP contribution in [0.4, 0.5) is 0 Å². The van der Waals surface area contributed by atoms with Crippen molar-refractivity contribution in [2.45, 2.75) is 20.0 Å². The number of carbonyl (C=O) groups is 2. The van der Waals surface area contributed by atoms with Crippen molar-refractivity contribution in [3.63, 3.8) is 0 Å². The zero-order chi connectivity index (χ0) is 18.4. The number of methoxy groups -OCH3 is 1. The first kappa shape index (κ1) is 19.4. The topological polar surface area (TPSA) is 77.5 Å². The molecule has 1 amide bonds. The lowest BCUT2D eigenvalue weighted by Gasteiger charge is -2.12. The maximum atomic E-state index is 12.3. The van der Waals surface area contributed by atoms with Crippen LogP contribution in [0.1, 0.15) is 22.3 Å². The van der Waals surface area contributed by atoms with E-state index in [0.717, 1.165) is 5.56 Å². The molecule has 2 rings (SSSR count). The van der Waals surface area contributed by atoms with Crippen molar-refractivity contribution in [1.29, 1.82) is 0 Å². The Bertz CT molecular complexity index is 763. The highest BCUT2D eigenvalue weighted by molar-refractivity contribution is 7.17. The summed E-state index contributed by atoms with van der Waals surface area (Å²) in [6.45, 7) is 4.00. The molecule has 1 N–H and O–H groups in total. The van der Waals surface area contributed by atoms with E-state index in [4.69, 9.17) is 21.1 Å². The van der Waals surface area contributed by atoms with Gasteiger partial charge in [-0.05, 0) is 26.0 Å². The summed E-state index contributed by atoms with van der Waals surface area (Å²) in [7, 11) is 1.54. The van der Waals surface area contributed by atoms with E-state index >= 15 is 0 Å². The fourth-order valence-electron chi connectivity index (χ4n) is 2.02. The van der Waals surface area contributed by atoms with Crippen LogP contribution in [-0.4, -0.2) is 43.2 Å². The molecule has 0 aliphatic rings. The number of rotatable bonds is 7. The molecular formula is C17H19ClN2O4S. The third-order valence-corrected chi connectivity index (χ3v) is 4.73. The number of carbonyl (C=O) groups excluding carboxylic acids is 2. The standard InChI is InChI=1S/C17H19ClN2O4S/c1-10-14(17(22)24-11(2)15(21)19-7-8-23-3)25-16(20-10)12-5-4-6-13(18)9-12/h4-6,9,11H,7-8H2,1-3H3,(H,19,21)/t11-/m0/s1. The maximum Gasteiger partial charge on any atom is 0.351 e. The van der Waals surface area contributed by atoms with Gasteiger partial charge in [-0.3, -0.25) is 4.79 Å². The lowest BCUT2D eigenvalue weighted by atomic mass is 10.2. The largest absolute Gasteiger partial charge is 0.448 e. The molecule has 1 heterocycles. The minimum atomic E-state index is -0.902. The first-order valence-corrected chi connectivity index (χ1v) is 8.82. The molecule has 8 heteroatoms. The lowest BCUT2D eigenvalue weighted by molar-refractivity contribution is -0.129. The Balaban J connectivity index is 2.06. The smallest absolute Gasteiger partial charge is 0.351 e. The van der Waals surface area contributed by atoms with Crippen LogP contribution >= 0.6 is 22.9 Å². The Morgan fingerprint density at radius 3 is 2.84 bits per heavy atom. The van der Waals surface area contributed by atoms with Gasteiger partial charge in [0.15, 0.2) is 6.10 Å².